The van der Waals surface area contributed by atoms with Gasteiger partial charge < -0.3 is 4.52 Å². The van der Waals surface area contributed by atoms with Crippen molar-refractivity contribution in [3.05, 3.63) is 87.8 Å². The van der Waals surface area contributed by atoms with Crippen LogP contribution in [0.15, 0.2) is 64.2 Å². The molecule has 11 heteroatoms. The lowest BCUT2D eigenvalue weighted by molar-refractivity contribution is 0.362. The van der Waals surface area contributed by atoms with E-state index in [0.29, 0.717) is 16.8 Å². The molecule has 3 heterocycles. The SMILES string of the molecule is O=c1c2cc(-c3ccc(F)cc3)nn2cnn1Cc1nc(-c2ccc(Cl)c(F)c2)no1. The van der Waals surface area contributed by atoms with E-state index in [0.717, 1.165) is 4.68 Å². The van der Waals surface area contributed by atoms with Gasteiger partial charge >= 0.3 is 0 Å². The first kappa shape index (κ1) is 19.1. The molecule has 0 radical (unpaired) electrons. The zero-order valence-electron chi connectivity index (χ0n) is 15.5. The average molecular weight is 441 g/mol. The first-order valence-electron chi connectivity index (χ1n) is 8.97. The highest BCUT2D eigenvalue weighted by atomic mass is 35.5. The molecule has 0 spiro atoms. The normalized spacial score (nSPS) is 11.3. The quantitative estimate of drug-likeness (QED) is 0.424. The minimum Gasteiger partial charge on any atom is -0.337 e. The van der Waals surface area contributed by atoms with Crippen LogP contribution < -0.4 is 5.56 Å². The van der Waals surface area contributed by atoms with E-state index in [1.807, 2.05) is 0 Å². The lowest BCUT2D eigenvalue weighted by Gasteiger charge is -2.00. The van der Waals surface area contributed by atoms with Crippen LogP contribution in [0.3, 0.4) is 0 Å². The van der Waals surface area contributed by atoms with E-state index >= 15 is 0 Å². The summed E-state index contributed by atoms with van der Waals surface area (Å²) in [5.41, 5.74) is 1.39. The smallest absolute Gasteiger partial charge is 0.293 e. The summed E-state index contributed by atoms with van der Waals surface area (Å²) < 4.78 is 34.5. The molecule has 0 saturated carbocycles. The van der Waals surface area contributed by atoms with Crippen LogP contribution in [0, 0.1) is 11.6 Å². The van der Waals surface area contributed by atoms with Crippen LogP contribution in [-0.4, -0.2) is 29.5 Å². The lowest BCUT2D eigenvalue weighted by Crippen LogP contribution is -2.25. The molecule has 0 aliphatic heterocycles. The Morgan fingerprint density at radius 3 is 2.58 bits per heavy atom. The Kier molecular flexibility index (Phi) is 4.55. The van der Waals surface area contributed by atoms with Crippen LogP contribution in [0.5, 0.6) is 0 Å². The van der Waals surface area contributed by atoms with Crippen molar-refractivity contribution in [2.75, 3.05) is 0 Å². The van der Waals surface area contributed by atoms with E-state index in [1.165, 1.54) is 35.1 Å². The number of hydrogen-bond acceptors (Lipinski definition) is 6. The molecule has 0 amide bonds. The first-order chi connectivity index (χ1) is 15.0. The number of fused-ring (bicyclic) bond motifs is 1. The molecule has 31 heavy (non-hydrogen) atoms. The largest absolute Gasteiger partial charge is 0.337 e. The molecule has 0 fully saturated rings. The molecule has 0 aliphatic rings. The van der Waals surface area contributed by atoms with Crippen molar-refractivity contribution in [3.63, 3.8) is 0 Å². The summed E-state index contributed by atoms with van der Waals surface area (Å²) in [7, 11) is 0. The molecule has 0 bridgehead atoms. The summed E-state index contributed by atoms with van der Waals surface area (Å²) >= 11 is 5.68. The van der Waals surface area contributed by atoms with Crippen molar-refractivity contribution >= 4 is 17.1 Å². The maximum atomic E-state index is 13.7. The Balaban J connectivity index is 1.45. The first-order valence-corrected chi connectivity index (χ1v) is 9.35. The number of benzene rings is 2. The molecular weight excluding hydrogens is 430 g/mol. The van der Waals surface area contributed by atoms with Gasteiger partial charge in [0.2, 0.25) is 11.7 Å². The fourth-order valence-electron chi connectivity index (χ4n) is 3.01. The maximum Gasteiger partial charge on any atom is 0.293 e. The van der Waals surface area contributed by atoms with Gasteiger partial charge in [-0.15, -0.1) is 0 Å². The number of nitrogens with zero attached hydrogens (tertiary/aromatic N) is 6. The van der Waals surface area contributed by atoms with Gasteiger partial charge in [-0.1, -0.05) is 16.8 Å². The van der Waals surface area contributed by atoms with E-state index in [-0.39, 0.29) is 34.6 Å². The van der Waals surface area contributed by atoms with Crippen molar-refractivity contribution < 1.29 is 13.3 Å². The van der Waals surface area contributed by atoms with Crippen LogP contribution in [0.1, 0.15) is 5.89 Å². The van der Waals surface area contributed by atoms with Crippen molar-refractivity contribution in [1.82, 2.24) is 29.5 Å². The van der Waals surface area contributed by atoms with Crippen LogP contribution in [-0.2, 0) is 6.54 Å². The third-order valence-electron chi connectivity index (χ3n) is 4.56. The van der Waals surface area contributed by atoms with Gasteiger partial charge in [0, 0.05) is 11.1 Å². The van der Waals surface area contributed by atoms with Crippen LogP contribution in [0.4, 0.5) is 8.78 Å². The molecule has 0 saturated heterocycles. The molecule has 154 valence electrons. The minimum atomic E-state index is -0.605. The predicted octanol–water partition coefficient (Wildman–Crippen LogP) is 3.59. The van der Waals surface area contributed by atoms with Crippen LogP contribution >= 0.6 is 11.6 Å². The lowest BCUT2D eigenvalue weighted by atomic mass is 10.1. The molecular formula is C20H11ClF2N6O2. The van der Waals surface area contributed by atoms with Gasteiger partial charge in [0.1, 0.15) is 30.0 Å². The van der Waals surface area contributed by atoms with Gasteiger partial charge in [0.15, 0.2) is 0 Å². The van der Waals surface area contributed by atoms with E-state index in [4.69, 9.17) is 16.1 Å². The second kappa shape index (κ2) is 7.40. The highest BCUT2D eigenvalue weighted by molar-refractivity contribution is 6.30. The van der Waals surface area contributed by atoms with E-state index in [9.17, 15) is 13.6 Å². The molecule has 0 aliphatic carbocycles. The fourth-order valence-corrected chi connectivity index (χ4v) is 3.13. The van der Waals surface area contributed by atoms with Gasteiger partial charge in [0.25, 0.3) is 5.56 Å². The molecule has 3 aromatic heterocycles. The molecule has 5 rings (SSSR count). The van der Waals surface area contributed by atoms with Crippen molar-refractivity contribution in [1.29, 1.82) is 0 Å². The highest BCUT2D eigenvalue weighted by Crippen LogP contribution is 2.22. The predicted molar refractivity (Wildman–Crippen MR) is 106 cm³/mol. The summed E-state index contributed by atoms with van der Waals surface area (Å²) in [6, 6.07) is 11.5. The minimum absolute atomic E-state index is 0.0164. The van der Waals surface area contributed by atoms with Crippen LogP contribution in [0.2, 0.25) is 5.02 Å². The van der Waals surface area contributed by atoms with E-state index < -0.39 is 11.4 Å². The van der Waals surface area contributed by atoms with Gasteiger partial charge in [-0.25, -0.2) is 18.0 Å². The Bertz CT molecular complexity index is 1480. The summed E-state index contributed by atoms with van der Waals surface area (Å²) in [4.78, 5) is 17.0. The number of rotatable bonds is 4. The van der Waals surface area contributed by atoms with Gasteiger partial charge in [-0.05, 0) is 48.5 Å². The van der Waals surface area contributed by atoms with Crippen LogP contribution in [0.25, 0.3) is 28.2 Å². The molecule has 5 aromatic rings. The molecule has 0 unspecified atom stereocenters. The number of aromatic nitrogens is 6. The maximum absolute atomic E-state index is 13.7. The van der Waals surface area contributed by atoms with Gasteiger partial charge in [-0.3, -0.25) is 4.79 Å². The third kappa shape index (κ3) is 3.57. The van der Waals surface area contributed by atoms with E-state index in [2.05, 4.69) is 20.3 Å². The zero-order chi connectivity index (χ0) is 21.5. The molecule has 2 aromatic carbocycles. The average Bonchev–Trinajstić information content (AvgIpc) is 3.40. The molecule has 0 atom stereocenters. The van der Waals surface area contributed by atoms with Crippen molar-refractivity contribution in [2.45, 2.75) is 6.54 Å². The molecule has 0 N–H and O–H groups in total. The Labute approximate surface area is 177 Å². The van der Waals surface area contributed by atoms with E-state index in [1.54, 1.807) is 24.3 Å². The highest BCUT2D eigenvalue weighted by Gasteiger charge is 2.15. The summed E-state index contributed by atoms with van der Waals surface area (Å²) in [6.07, 6.45) is 1.37. The fraction of sp³-hybridized carbons (Fsp3) is 0.0500. The standard InChI is InChI=1S/C20H11ClF2N6O2/c21-14-6-3-12(7-15(14)23)19-25-18(31-27-19)9-28-20(30)17-8-16(26-29(17)10-24-28)11-1-4-13(22)5-2-11/h1-8,10H,9H2. The number of halogens is 3. The summed E-state index contributed by atoms with van der Waals surface area (Å²) in [6.45, 7) is -0.0878. The zero-order valence-corrected chi connectivity index (χ0v) is 16.3. The topological polar surface area (TPSA) is 91.1 Å². The van der Waals surface area contributed by atoms with Crippen molar-refractivity contribution in [2.24, 2.45) is 0 Å². The molecule has 8 nitrogen and oxygen atoms in total. The Morgan fingerprint density at radius 1 is 1.03 bits per heavy atom. The van der Waals surface area contributed by atoms with Gasteiger partial charge in [-0.2, -0.15) is 15.2 Å². The summed E-state index contributed by atoms with van der Waals surface area (Å²) in [5, 5.41) is 12.2. The Morgan fingerprint density at radius 2 is 1.81 bits per heavy atom. The second-order valence-corrected chi connectivity index (χ2v) is 7.01. The Hall–Kier alpha value is -3.92. The second-order valence-electron chi connectivity index (χ2n) is 6.60. The van der Waals surface area contributed by atoms with Gasteiger partial charge in [0.05, 0.1) is 10.7 Å². The number of hydrogen-bond donors (Lipinski definition) is 0. The monoisotopic (exact) mass is 440 g/mol. The summed E-state index contributed by atoms with van der Waals surface area (Å²) in [5.74, 6) is -0.700. The third-order valence-corrected chi connectivity index (χ3v) is 4.87. The van der Waals surface area contributed by atoms with Crippen molar-refractivity contribution in [3.8, 4) is 22.6 Å².